The molecule has 0 saturated carbocycles. The number of aliphatic imine (C=N–C) groups is 1. The fourth-order valence-electron chi connectivity index (χ4n) is 3.37. The van der Waals surface area contributed by atoms with Crippen molar-refractivity contribution in [2.24, 2.45) is 28.1 Å². The second-order valence-electron chi connectivity index (χ2n) is 8.77. The Balaban J connectivity index is 3.13. The minimum Gasteiger partial charge on any atom is -0.481 e. The molecule has 0 aliphatic carbocycles. The number of nitrogens with one attached hydrogen (secondary N) is 4. The summed E-state index contributed by atoms with van der Waals surface area (Å²) in [5, 5.41) is 25.9. The minimum atomic E-state index is -1.42. The van der Waals surface area contributed by atoms with Gasteiger partial charge in [0.2, 0.25) is 17.7 Å². The third-order valence-electron chi connectivity index (χ3n) is 5.70. The SMILES string of the molecule is CCC(C)C(NC(=O)C(CCCN=C(N)N)NC(=O)C(Cc1cnc[nH]1)NC(=O)C(N)CC(=O)O)C(=O)O. The van der Waals surface area contributed by atoms with Crippen LogP contribution < -0.4 is 33.2 Å². The number of carboxylic acids is 2. The third kappa shape index (κ3) is 11.2. The summed E-state index contributed by atoms with van der Waals surface area (Å²) in [6.45, 7) is 3.59. The highest BCUT2D eigenvalue weighted by Crippen LogP contribution is 2.10. The van der Waals surface area contributed by atoms with Crippen molar-refractivity contribution in [3.63, 3.8) is 0 Å². The third-order valence-corrected chi connectivity index (χ3v) is 5.70. The van der Waals surface area contributed by atoms with Gasteiger partial charge in [-0.15, -0.1) is 0 Å². The highest BCUT2D eigenvalue weighted by Gasteiger charge is 2.32. The summed E-state index contributed by atoms with van der Waals surface area (Å²) >= 11 is 0. The number of carboxylic acid groups (broad SMARTS) is 2. The molecule has 1 aromatic rings. The number of guanidine groups is 1. The van der Waals surface area contributed by atoms with Crippen LogP contribution in [0.4, 0.5) is 0 Å². The predicted octanol–water partition coefficient (Wildman–Crippen LogP) is -2.61. The molecule has 1 rings (SSSR count). The number of imidazole rings is 1. The van der Waals surface area contributed by atoms with Crippen LogP contribution in [0.3, 0.4) is 0 Å². The van der Waals surface area contributed by atoms with Gasteiger partial charge in [0, 0.05) is 24.9 Å². The first kappa shape index (κ1) is 31.8. The quantitative estimate of drug-likeness (QED) is 0.0561. The molecule has 5 unspecified atom stereocenters. The number of carbonyl (C=O) groups is 5. The standard InChI is InChI=1S/C22H37N9O7/c1-3-11(2)17(21(37)38)31-19(35)14(5-4-6-27-22(24)25)29-20(36)15(7-12-9-26-10-28-12)30-18(34)13(23)8-16(32)33/h9-11,13-15,17H,3-8,23H2,1-2H3,(H,26,28)(H,29,36)(H,30,34)(H,31,35)(H,32,33)(H,37,38)(H4,24,25,27). The molecule has 5 atom stereocenters. The number of hydrogen-bond donors (Lipinski definition) is 9. The molecule has 16 heteroatoms. The molecular formula is C22H37N9O7. The van der Waals surface area contributed by atoms with E-state index in [1.54, 1.807) is 13.8 Å². The van der Waals surface area contributed by atoms with E-state index in [0.717, 1.165) is 0 Å². The minimum absolute atomic E-state index is 0.0461. The molecule has 12 N–H and O–H groups in total. The first-order chi connectivity index (χ1) is 17.8. The van der Waals surface area contributed by atoms with E-state index in [0.29, 0.717) is 12.1 Å². The Kier molecular flexibility index (Phi) is 13.2. The van der Waals surface area contributed by atoms with Gasteiger partial charge in [-0.25, -0.2) is 9.78 Å². The average molecular weight is 540 g/mol. The lowest BCUT2D eigenvalue weighted by Gasteiger charge is -2.26. The Morgan fingerprint density at radius 1 is 1.05 bits per heavy atom. The maximum atomic E-state index is 13.2. The van der Waals surface area contributed by atoms with Crippen LogP contribution in [0.1, 0.15) is 45.2 Å². The van der Waals surface area contributed by atoms with Gasteiger partial charge in [0.05, 0.1) is 18.8 Å². The van der Waals surface area contributed by atoms with Crippen LogP contribution in [0.25, 0.3) is 0 Å². The normalized spacial score (nSPS) is 14.7. The van der Waals surface area contributed by atoms with E-state index in [4.69, 9.17) is 22.3 Å². The van der Waals surface area contributed by atoms with E-state index in [-0.39, 0.29) is 31.8 Å². The maximum absolute atomic E-state index is 13.2. The van der Waals surface area contributed by atoms with Gasteiger partial charge in [-0.05, 0) is 18.8 Å². The van der Waals surface area contributed by atoms with Crippen LogP contribution in [0.15, 0.2) is 17.5 Å². The summed E-state index contributed by atoms with van der Waals surface area (Å²) in [4.78, 5) is 71.9. The molecular weight excluding hydrogens is 502 g/mol. The number of nitrogens with two attached hydrogens (primary N) is 3. The average Bonchev–Trinajstić information content (AvgIpc) is 3.35. The summed E-state index contributed by atoms with van der Waals surface area (Å²) in [6.07, 6.45) is 2.84. The van der Waals surface area contributed by atoms with Crippen molar-refractivity contribution in [2.75, 3.05) is 6.54 Å². The zero-order chi connectivity index (χ0) is 28.8. The lowest BCUT2D eigenvalue weighted by Crippen LogP contribution is -2.58. The van der Waals surface area contributed by atoms with Crippen molar-refractivity contribution in [3.05, 3.63) is 18.2 Å². The van der Waals surface area contributed by atoms with E-state index in [1.807, 2.05) is 0 Å². The fraction of sp³-hybridized carbons (Fsp3) is 0.591. The van der Waals surface area contributed by atoms with Gasteiger partial charge in [0.25, 0.3) is 0 Å². The molecule has 0 aliphatic heterocycles. The number of amides is 3. The number of hydrogen-bond acceptors (Lipinski definition) is 8. The van der Waals surface area contributed by atoms with E-state index in [2.05, 4.69) is 30.9 Å². The number of aromatic nitrogens is 2. The first-order valence-corrected chi connectivity index (χ1v) is 12.0. The van der Waals surface area contributed by atoms with Gasteiger partial charge in [-0.3, -0.25) is 24.2 Å². The molecule has 1 aromatic heterocycles. The Bertz CT molecular complexity index is 980. The summed E-state index contributed by atoms with van der Waals surface area (Å²) in [5.74, 6) is -5.49. The van der Waals surface area contributed by atoms with E-state index < -0.39 is 66.2 Å². The maximum Gasteiger partial charge on any atom is 0.326 e. The molecule has 0 saturated heterocycles. The Morgan fingerprint density at radius 2 is 1.68 bits per heavy atom. The van der Waals surface area contributed by atoms with E-state index in [9.17, 15) is 29.1 Å². The number of aromatic amines is 1. The van der Waals surface area contributed by atoms with Crippen LogP contribution in [-0.4, -0.2) is 86.5 Å². The van der Waals surface area contributed by atoms with Crippen LogP contribution in [0, 0.1) is 5.92 Å². The first-order valence-electron chi connectivity index (χ1n) is 12.0. The highest BCUT2D eigenvalue weighted by atomic mass is 16.4. The molecule has 0 aromatic carbocycles. The monoisotopic (exact) mass is 539 g/mol. The summed E-state index contributed by atoms with van der Waals surface area (Å²) in [6, 6.07) is -5.08. The molecule has 38 heavy (non-hydrogen) atoms. The number of H-pyrrole nitrogens is 1. The Labute approximate surface area is 219 Å². The number of nitrogens with zero attached hydrogens (tertiary/aromatic N) is 2. The molecule has 0 fully saturated rings. The van der Waals surface area contributed by atoms with Gasteiger partial charge in [0.1, 0.15) is 18.1 Å². The van der Waals surface area contributed by atoms with Crippen molar-refractivity contribution in [1.29, 1.82) is 0 Å². The largest absolute Gasteiger partial charge is 0.481 e. The summed E-state index contributed by atoms with van der Waals surface area (Å²) in [5.41, 5.74) is 16.7. The van der Waals surface area contributed by atoms with Crippen molar-refractivity contribution in [1.82, 2.24) is 25.9 Å². The van der Waals surface area contributed by atoms with Crippen molar-refractivity contribution >= 4 is 35.6 Å². The molecule has 0 aliphatic rings. The lowest BCUT2D eigenvalue weighted by molar-refractivity contribution is -0.144. The van der Waals surface area contributed by atoms with Crippen molar-refractivity contribution < 1.29 is 34.2 Å². The molecule has 1 heterocycles. The number of aliphatic carboxylic acids is 2. The molecule has 212 valence electrons. The highest BCUT2D eigenvalue weighted by molar-refractivity contribution is 5.94. The summed E-state index contributed by atoms with van der Waals surface area (Å²) in [7, 11) is 0. The fourth-order valence-corrected chi connectivity index (χ4v) is 3.37. The van der Waals surface area contributed by atoms with Crippen LogP contribution >= 0.6 is 0 Å². The van der Waals surface area contributed by atoms with Gasteiger partial charge < -0.3 is 48.3 Å². The molecule has 3 amide bonds. The van der Waals surface area contributed by atoms with Gasteiger partial charge >= 0.3 is 11.9 Å². The van der Waals surface area contributed by atoms with E-state index >= 15 is 0 Å². The second kappa shape index (κ2) is 15.8. The molecule has 0 spiro atoms. The van der Waals surface area contributed by atoms with Gasteiger partial charge in [0.15, 0.2) is 5.96 Å². The Morgan fingerprint density at radius 3 is 2.21 bits per heavy atom. The predicted molar refractivity (Wildman–Crippen MR) is 135 cm³/mol. The molecule has 16 nitrogen and oxygen atoms in total. The Hall–Kier alpha value is -4.21. The van der Waals surface area contributed by atoms with Crippen LogP contribution in [0.5, 0.6) is 0 Å². The van der Waals surface area contributed by atoms with Crippen molar-refractivity contribution in [3.8, 4) is 0 Å². The molecule has 0 radical (unpaired) electrons. The zero-order valence-corrected chi connectivity index (χ0v) is 21.3. The smallest absolute Gasteiger partial charge is 0.326 e. The lowest BCUT2D eigenvalue weighted by atomic mass is 9.98. The number of carbonyl (C=O) groups excluding carboxylic acids is 3. The van der Waals surface area contributed by atoms with Crippen molar-refractivity contribution in [2.45, 2.75) is 70.1 Å². The topological polar surface area (TPSA) is 281 Å². The van der Waals surface area contributed by atoms with Crippen LogP contribution in [0.2, 0.25) is 0 Å². The van der Waals surface area contributed by atoms with Gasteiger partial charge in [-0.2, -0.15) is 0 Å². The second-order valence-corrected chi connectivity index (χ2v) is 8.77. The summed E-state index contributed by atoms with van der Waals surface area (Å²) < 4.78 is 0. The zero-order valence-electron chi connectivity index (χ0n) is 21.3. The molecule has 0 bridgehead atoms. The van der Waals surface area contributed by atoms with E-state index in [1.165, 1.54) is 12.5 Å². The van der Waals surface area contributed by atoms with Crippen LogP contribution in [-0.2, 0) is 30.4 Å². The number of rotatable bonds is 17. The van der Waals surface area contributed by atoms with Gasteiger partial charge in [-0.1, -0.05) is 20.3 Å².